The maximum Gasteiger partial charge on any atom is 0.272 e. The Kier molecular flexibility index (Phi) is 5.63. The molecule has 3 aliphatic rings. The first-order valence-electron chi connectivity index (χ1n) is 11.7. The predicted molar refractivity (Wildman–Crippen MR) is 115 cm³/mol. The molecule has 0 aromatic carbocycles. The number of likely N-dealkylation sites (tertiary alicyclic amines) is 1. The number of carbonyl (C=O) groups excluding carboxylic acids is 1. The van der Waals surface area contributed by atoms with Crippen molar-refractivity contribution in [2.24, 2.45) is 18.9 Å². The monoisotopic (exact) mass is 410 g/mol. The zero-order valence-electron chi connectivity index (χ0n) is 18.1. The van der Waals surface area contributed by atoms with Crippen molar-refractivity contribution in [3.8, 4) is 0 Å². The summed E-state index contributed by atoms with van der Waals surface area (Å²) >= 11 is 0. The number of fused-ring (bicyclic) bond motifs is 1. The first kappa shape index (κ1) is 19.8. The molecule has 5 rings (SSSR count). The van der Waals surface area contributed by atoms with Gasteiger partial charge in [0.05, 0.1) is 30.6 Å². The Bertz CT molecular complexity index is 859. The van der Waals surface area contributed by atoms with E-state index >= 15 is 0 Å². The van der Waals surface area contributed by atoms with Crippen molar-refractivity contribution in [1.82, 2.24) is 29.3 Å². The number of carbonyl (C=O) groups is 1. The number of aromatic amines is 1. The molecule has 1 aliphatic carbocycles. The highest BCUT2D eigenvalue weighted by molar-refractivity contribution is 5.92. The Hall–Kier alpha value is -2.15. The number of hydrogen-bond acceptors (Lipinski definition) is 4. The topological polar surface area (TPSA) is 70.0 Å². The Morgan fingerprint density at radius 3 is 2.67 bits per heavy atom. The predicted octanol–water partition coefficient (Wildman–Crippen LogP) is 3.18. The van der Waals surface area contributed by atoms with E-state index in [-0.39, 0.29) is 11.9 Å². The second-order valence-electron chi connectivity index (χ2n) is 9.49. The summed E-state index contributed by atoms with van der Waals surface area (Å²) in [5.41, 5.74) is 2.95. The molecule has 7 heteroatoms. The van der Waals surface area contributed by atoms with Crippen molar-refractivity contribution in [3.63, 3.8) is 0 Å². The molecular formula is C23H34N6O. The number of H-pyrrole nitrogens is 1. The molecule has 2 aromatic heterocycles. The smallest absolute Gasteiger partial charge is 0.272 e. The van der Waals surface area contributed by atoms with Gasteiger partial charge in [0, 0.05) is 32.3 Å². The van der Waals surface area contributed by atoms with Crippen LogP contribution in [0.5, 0.6) is 0 Å². The summed E-state index contributed by atoms with van der Waals surface area (Å²) in [6.07, 6.45) is 15.4. The second-order valence-corrected chi connectivity index (χ2v) is 9.49. The van der Waals surface area contributed by atoms with Gasteiger partial charge in [-0.15, -0.1) is 0 Å². The first-order chi connectivity index (χ1) is 14.7. The van der Waals surface area contributed by atoms with Crippen molar-refractivity contribution in [1.29, 1.82) is 0 Å². The van der Waals surface area contributed by atoms with Gasteiger partial charge >= 0.3 is 0 Å². The second kappa shape index (κ2) is 8.53. The lowest BCUT2D eigenvalue weighted by atomic mass is 9.82. The summed E-state index contributed by atoms with van der Waals surface area (Å²) in [5, 5.41) is 0. The summed E-state index contributed by atoms with van der Waals surface area (Å²) in [7, 11) is 1.89. The van der Waals surface area contributed by atoms with Gasteiger partial charge in [-0.1, -0.05) is 19.3 Å². The fourth-order valence-corrected chi connectivity index (χ4v) is 5.91. The Morgan fingerprint density at radius 2 is 1.93 bits per heavy atom. The van der Waals surface area contributed by atoms with Crippen molar-refractivity contribution >= 4 is 5.91 Å². The average Bonchev–Trinajstić information content (AvgIpc) is 3.43. The molecule has 1 saturated heterocycles. The third-order valence-electron chi connectivity index (χ3n) is 7.59. The van der Waals surface area contributed by atoms with Crippen LogP contribution in [0.2, 0.25) is 0 Å². The third-order valence-corrected chi connectivity index (χ3v) is 7.59. The molecule has 1 unspecified atom stereocenters. The van der Waals surface area contributed by atoms with Gasteiger partial charge in [-0.3, -0.25) is 4.79 Å². The van der Waals surface area contributed by atoms with Crippen LogP contribution >= 0.6 is 0 Å². The van der Waals surface area contributed by atoms with E-state index in [0.29, 0.717) is 11.6 Å². The number of piperidine rings is 1. The van der Waals surface area contributed by atoms with Crippen molar-refractivity contribution in [3.05, 3.63) is 35.9 Å². The van der Waals surface area contributed by atoms with Gasteiger partial charge in [-0.05, 0) is 50.6 Å². The Labute approximate surface area is 178 Å². The van der Waals surface area contributed by atoms with Crippen LogP contribution in [0.3, 0.4) is 0 Å². The zero-order valence-corrected chi connectivity index (χ0v) is 18.1. The summed E-state index contributed by atoms with van der Waals surface area (Å²) in [6.45, 7) is 4.30. The number of aromatic nitrogens is 4. The molecular weight excluding hydrogens is 376 g/mol. The number of nitrogens with one attached hydrogen (secondary N) is 1. The third kappa shape index (κ3) is 3.80. The van der Waals surface area contributed by atoms with Crippen molar-refractivity contribution in [2.75, 3.05) is 26.2 Å². The lowest BCUT2D eigenvalue weighted by Crippen LogP contribution is -2.47. The van der Waals surface area contributed by atoms with Gasteiger partial charge < -0.3 is 19.4 Å². The van der Waals surface area contributed by atoms with Crippen molar-refractivity contribution in [2.45, 2.75) is 57.4 Å². The maximum atomic E-state index is 13.4. The van der Waals surface area contributed by atoms with Crippen molar-refractivity contribution < 1.29 is 4.79 Å². The van der Waals surface area contributed by atoms with Gasteiger partial charge in [0.1, 0.15) is 5.69 Å². The molecule has 1 N–H and O–H groups in total. The number of amides is 1. The van der Waals surface area contributed by atoms with E-state index in [9.17, 15) is 4.79 Å². The van der Waals surface area contributed by atoms with Crippen LogP contribution in [-0.2, 0) is 13.5 Å². The summed E-state index contributed by atoms with van der Waals surface area (Å²) < 4.78 is 1.83. The molecule has 4 heterocycles. The zero-order chi connectivity index (χ0) is 20.5. The molecule has 30 heavy (non-hydrogen) atoms. The highest BCUT2D eigenvalue weighted by atomic mass is 16.2. The molecule has 1 atom stereocenters. The molecule has 1 saturated carbocycles. The van der Waals surface area contributed by atoms with E-state index in [1.807, 2.05) is 11.6 Å². The standard InChI is InChI=1S/C23H34N6O/c1-27-16-24-13-20(27)23(30)29-12-9-19-21(26-15-25-19)22(29)18-7-10-28(11-8-18)14-17-5-3-2-4-6-17/h13,15-18,22H,2-12,14H2,1H3,(H,25,26). The fraction of sp³-hybridized carbons (Fsp3) is 0.696. The number of aryl methyl sites for hydroxylation is 1. The van der Waals surface area contributed by atoms with Crippen LogP contribution in [0.1, 0.15) is 72.9 Å². The van der Waals surface area contributed by atoms with E-state index < -0.39 is 0 Å². The number of rotatable bonds is 4. The van der Waals surface area contributed by atoms with Crippen LogP contribution in [0.25, 0.3) is 0 Å². The summed E-state index contributed by atoms with van der Waals surface area (Å²) in [4.78, 5) is 30.3. The van der Waals surface area contributed by atoms with Crippen LogP contribution in [0, 0.1) is 11.8 Å². The van der Waals surface area contributed by atoms with Crippen LogP contribution in [0.15, 0.2) is 18.9 Å². The number of imidazole rings is 2. The summed E-state index contributed by atoms with van der Waals surface area (Å²) in [5.74, 6) is 1.44. The SMILES string of the molecule is Cn1cncc1C(=O)N1CCc2[nH]cnc2C1C1CCN(CC2CCCCC2)CC1. The van der Waals surface area contributed by atoms with Gasteiger partial charge in [-0.2, -0.15) is 0 Å². The van der Waals surface area contributed by atoms with E-state index in [1.54, 1.807) is 18.9 Å². The number of hydrogen-bond donors (Lipinski definition) is 1. The average molecular weight is 411 g/mol. The van der Waals surface area contributed by atoms with E-state index in [0.717, 1.165) is 50.5 Å². The largest absolute Gasteiger partial charge is 0.348 e. The highest BCUT2D eigenvalue weighted by Gasteiger charge is 2.40. The lowest BCUT2D eigenvalue weighted by molar-refractivity contribution is 0.0443. The van der Waals surface area contributed by atoms with Crippen LogP contribution in [0.4, 0.5) is 0 Å². The quantitative estimate of drug-likeness (QED) is 0.840. The fourth-order valence-electron chi connectivity index (χ4n) is 5.91. The maximum absolute atomic E-state index is 13.4. The minimum absolute atomic E-state index is 0.0687. The molecule has 0 spiro atoms. The summed E-state index contributed by atoms with van der Waals surface area (Å²) in [6, 6.07) is 0.0687. The molecule has 1 amide bonds. The molecule has 162 valence electrons. The Morgan fingerprint density at radius 1 is 1.13 bits per heavy atom. The minimum atomic E-state index is 0.0687. The highest BCUT2D eigenvalue weighted by Crippen LogP contribution is 2.39. The molecule has 0 radical (unpaired) electrons. The van der Waals surface area contributed by atoms with Gasteiger partial charge in [0.25, 0.3) is 5.91 Å². The lowest BCUT2D eigenvalue weighted by Gasteiger charge is -2.43. The first-order valence-corrected chi connectivity index (χ1v) is 11.7. The van der Waals surface area contributed by atoms with Gasteiger partial charge in [0.15, 0.2) is 0 Å². The van der Waals surface area contributed by atoms with Gasteiger partial charge in [0.2, 0.25) is 0 Å². The minimum Gasteiger partial charge on any atom is -0.348 e. The van der Waals surface area contributed by atoms with Gasteiger partial charge in [-0.25, -0.2) is 9.97 Å². The van der Waals surface area contributed by atoms with Crippen LogP contribution in [-0.4, -0.2) is 61.4 Å². The molecule has 2 aromatic rings. The Balaban J connectivity index is 1.31. The normalized spacial score (nSPS) is 24.2. The number of nitrogens with zero attached hydrogens (tertiary/aromatic N) is 5. The van der Waals surface area contributed by atoms with E-state index in [1.165, 1.54) is 44.3 Å². The molecule has 2 aliphatic heterocycles. The molecule has 2 fully saturated rings. The molecule has 7 nitrogen and oxygen atoms in total. The van der Waals surface area contributed by atoms with E-state index in [2.05, 4.69) is 24.8 Å². The molecule has 0 bridgehead atoms. The van der Waals surface area contributed by atoms with Crippen LogP contribution < -0.4 is 0 Å². The van der Waals surface area contributed by atoms with E-state index in [4.69, 9.17) is 0 Å².